The van der Waals surface area contributed by atoms with Gasteiger partial charge in [-0.05, 0) is 42.5 Å². The van der Waals surface area contributed by atoms with Crippen LogP contribution in [0.4, 0.5) is 0 Å². The number of carbonyl (C=O) groups is 1. The summed E-state index contributed by atoms with van der Waals surface area (Å²) in [6, 6.07) is 3.00. The molecule has 9 heteroatoms. The Morgan fingerprint density at radius 3 is 2.82 bits per heavy atom. The van der Waals surface area contributed by atoms with Crippen LogP contribution < -0.4 is 9.84 Å². The summed E-state index contributed by atoms with van der Waals surface area (Å²) in [4.78, 5) is 15.4. The van der Waals surface area contributed by atoms with Gasteiger partial charge in [0.05, 0.1) is 7.11 Å². The molecule has 1 aromatic heterocycles. The van der Waals surface area contributed by atoms with E-state index >= 15 is 0 Å². The minimum Gasteiger partial charge on any atom is -0.869 e. The topological polar surface area (TPSA) is 111 Å². The van der Waals surface area contributed by atoms with Crippen molar-refractivity contribution in [2.75, 3.05) is 7.11 Å². The molecule has 2 rings (SSSR count). The summed E-state index contributed by atoms with van der Waals surface area (Å²) in [7, 11) is 1.37. The molecule has 0 radical (unpaired) electrons. The number of hydrogen-bond acceptors (Lipinski definition) is 6. The first kappa shape index (κ1) is 16.4. The third-order valence-electron chi connectivity index (χ3n) is 2.54. The van der Waals surface area contributed by atoms with E-state index in [1.807, 2.05) is 0 Å². The molecule has 2 N–H and O–H groups in total. The fourth-order valence-electron chi connectivity index (χ4n) is 1.58. The van der Waals surface area contributed by atoms with Crippen molar-refractivity contribution in [3.05, 3.63) is 32.9 Å². The van der Waals surface area contributed by atoms with Gasteiger partial charge in [-0.1, -0.05) is 21.7 Å². The number of ether oxygens (including phenoxy) is 1. The summed E-state index contributed by atoms with van der Waals surface area (Å²) in [5.41, 5.74) is 0.514. The van der Waals surface area contributed by atoms with Crippen LogP contribution in [0.2, 0.25) is 0 Å². The number of methoxy groups -OCH3 is 1. The molecule has 0 fully saturated rings. The maximum atomic E-state index is 11.7. The fraction of sp³-hybridized carbons (Fsp3) is 0.154. The maximum Gasteiger partial charge on any atom is 0.342 e. The average molecular weight is 385 g/mol. The minimum atomic E-state index is -1.12. The van der Waals surface area contributed by atoms with Crippen LogP contribution in [0, 0.1) is 6.92 Å². The average Bonchev–Trinajstić information content (AvgIpc) is 2.87. The number of carboxylic acid groups (broad SMARTS) is 1. The van der Waals surface area contributed by atoms with E-state index in [9.17, 15) is 15.0 Å². The first-order valence-electron chi connectivity index (χ1n) is 5.97. The van der Waals surface area contributed by atoms with Gasteiger partial charge in [-0.3, -0.25) is 5.10 Å². The lowest BCUT2D eigenvalue weighted by atomic mass is 10.2. The van der Waals surface area contributed by atoms with Crippen molar-refractivity contribution in [1.29, 1.82) is 0 Å². The molecule has 2 aromatic rings. The number of nitrogens with one attached hydrogen (secondary N) is 1. The quantitative estimate of drug-likeness (QED) is 0.599. The van der Waals surface area contributed by atoms with Crippen molar-refractivity contribution in [2.45, 2.75) is 12.1 Å². The molecule has 0 aliphatic rings. The number of carboxylic acids is 1. The Morgan fingerprint density at radius 1 is 1.55 bits per heavy atom. The van der Waals surface area contributed by atoms with Gasteiger partial charge in [-0.2, -0.15) is 0 Å². The Bertz CT molecular complexity index is 745. The molecule has 0 saturated carbocycles. The number of aromatic amines is 1. The van der Waals surface area contributed by atoms with E-state index in [4.69, 9.17) is 4.74 Å². The molecular formula is C13H11BrN3O4S-. The molecule has 1 aromatic carbocycles. The highest BCUT2D eigenvalue weighted by Crippen LogP contribution is 2.34. The summed E-state index contributed by atoms with van der Waals surface area (Å²) in [6.07, 6.45) is 1.42. The number of aromatic nitrogens is 3. The van der Waals surface area contributed by atoms with Crippen molar-refractivity contribution in [3.8, 4) is 11.5 Å². The molecule has 0 amide bonds. The summed E-state index contributed by atoms with van der Waals surface area (Å²) < 4.78 is 5.27. The molecule has 0 unspecified atom stereocenters. The van der Waals surface area contributed by atoms with E-state index in [2.05, 4.69) is 31.1 Å². The van der Waals surface area contributed by atoms with Crippen molar-refractivity contribution < 1.29 is 19.7 Å². The lowest BCUT2D eigenvalue weighted by molar-refractivity contribution is -0.271. The normalized spacial score (nSPS) is 11.5. The maximum absolute atomic E-state index is 11.7. The summed E-state index contributed by atoms with van der Waals surface area (Å²) in [5, 5.41) is 27.8. The lowest BCUT2D eigenvalue weighted by Gasteiger charge is -2.15. The van der Waals surface area contributed by atoms with Crippen molar-refractivity contribution in [1.82, 2.24) is 15.2 Å². The molecule has 116 valence electrons. The second kappa shape index (κ2) is 6.84. The first-order chi connectivity index (χ1) is 10.4. The third-order valence-corrected chi connectivity index (χ3v) is 4.00. The number of thioether (sulfide) groups is 1. The monoisotopic (exact) mass is 384 g/mol. The van der Waals surface area contributed by atoms with Crippen molar-refractivity contribution in [3.63, 3.8) is 0 Å². The van der Waals surface area contributed by atoms with E-state index in [1.54, 1.807) is 6.92 Å². The molecule has 0 bridgehead atoms. The SMILES string of the molecule is COc1cc(/C=C(/Sc2n[nH]c(C)n2)C(=O)O)cc(Br)c1[O-]. The molecule has 0 aliphatic heterocycles. The zero-order valence-electron chi connectivity index (χ0n) is 11.6. The zero-order chi connectivity index (χ0) is 16.3. The van der Waals surface area contributed by atoms with Crippen LogP contribution in [0.25, 0.3) is 6.08 Å². The third kappa shape index (κ3) is 3.80. The van der Waals surface area contributed by atoms with Gasteiger partial charge in [-0.15, -0.1) is 5.10 Å². The van der Waals surface area contributed by atoms with Crippen LogP contribution >= 0.6 is 27.7 Å². The predicted molar refractivity (Wildman–Crippen MR) is 82.7 cm³/mol. The van der Waals surface area contributed by atoms with Crippen LogP contribution in [-0.2, 0) is 4.79 Å². The number of halogens is 1. The van der Waals surface area contributed by atoms with Gasteiger partial charge in [0.25, 0.3) is 0 Å². The molecule has 0 saturated heterocycles. The van der Waals surface area contributed by atoms with E-state index in [0.29, 0.717) is 21.0 Å². The Labute approximate surface area is 138 Å². The van der Waals surface area contributed by atoms with E-state index in [-0.39, 0.29) is 16.4 Å². The molecule has 0 spiro atoms. The summed E-state index contributed by atoms with van der Waals surface area (Å²) in [6.45, 7) is 1.72. The Hall–Kier alpha value is -2.00. The number of aryl methyl sites for hydroxylation is 1. The number of H-pyrrole nitrogens is 1. The van der Waals surface area contributed by atoms with E-state index < -0.39 is 5.97 Å². The number of rotatable bonds is 5. The highest BCUT2D eigenvalue weighted by atomic mass is 79.9. The molecule has 7 nitrogen and oxygen atoms in total. The Morgan fingerprint density at radius 2 is 2.27 bits per heavy atom. The highest BCUT2D eigenvalue weighted by Gasteiger charge is 2.13. The Kier molecular flexibility index (Phi) is 5.09. The summed E-state index contributed by atoms with van der Waals surface area (Å²) >= 11 is 4.04. The van der Waals surface area contributed by atoms with Gasteiger partial charge in [0.1, 0.15) is 16.5 Å². The van der Waals surface area contributed by atoms with Gasteiger partial charge in [-0.25, -0.2) is 9.78 Å². The van der Waals surface area contributed by atoms with Gasteiger partial charge < -0.3 is 14.9 Å². The number of benzene rings is 1. The van der Waals surface area contributed by atoms with Crippen LogP contribution in [0.15, 0.2) is 26.7 Å². The summed E-state index contributed by atoms with van der Waals surface area (Å²) in [5.74, 6) is -0.695. The van der Waals surface area contributed by atoms with Crippen molar-refractivity contribution >= 4 is 39.7 Å². The number of hydrogen-bond donors (Lipinski definition) is 2. The largest absolute Gasteiger partial charge is 0.869 e. The van der Waals surface area contributed by atoms with Crippen molar-refractivity contribution in [2.24, 2.45) is 0 Å². The van der Waals surface area contributed by atoms with Crippen LogP contribution in [-0.4, -0.2) is 33.4 Å². The Balaban J connectivity index is 2.38. The van der Waals surface area contributed by atoms with Crippen LogP contribution in [0.1, 0.15) is 11.4 Å². The number of nitrogens with zero attached hydrogens (tertiary/aromatic N) is 2. The predicted octanol–water partition coefficient (Wildman–Crippen LogP) is 2.18. The van der Waals surface area contributed by atoms with Gasteiger partial charge in [0, 0.05) is 4.47 Å². The zero-order valence-corrected chi connectivity index (χ0v) is 14.0. The second-order valence-electron chi connectivity index (χ2n) is 4.15. The van der Waals surface area contributed by atoms with Crippen LogP contribution in [0.5, 0.6) is 11.5 Å². The lowest BCUT2D eigenvalue weighted by Crippen LogP contribution is -1.99. The minimum absolute atomic E-state index is 0.0200. The van der Waals surface area contributed by atoms with Crippen LogP contribution in [0.3, 0.4) is 0 Å². The van der Waals surface area contributed by atoms with Gasteiger partial charge in [0.2, 0.25) is 5.16 Å². The van der Waals surface area contributed by atoms with E-state index in [1.165, 1.54) is 25.3 Å². The molecule has 1 heterocycles. The van der Waals surface area contributed by atoms with Gasteiger partial charge >= 0.3 is 5.97 Å². The fourth-order valence-corrected chi connectivity index (χ4v) is 2.79. The standard InChI is InChI=1S/C13H12BrN3O4S/c1-6-15-13(17-16-6)22-10(12(19)20)5-7-3-8(14)11(18)9(4-7)21-2/h3-5,18H,1-2H3,(H,19,20)(H,15,16,17)/p-1/b10-5+. The number of aliphatic carboxylic acids is 1. The molecule has 0 atom stereocenters. The van der Waals surface area contributed by atoms with E-state index in [0.717, 1.165) is 11.8 Å². The molecule has 22 heavy (non-hydrogen) atoms. The van der Waals surface area contributed by atoms with Gasteiger partial charge in [0.15, 0.2) is 0 Å². The second-order valence-corrected chi connectivity index (χ2v) is 6.02. The molecule has 0 aliphatic carbocycles. The molecular weight excluding hydrogens is 374 g/mol. The first-order valence-corrected chi connectivity index (χ1v) is 7.58. The smallest absolute Gasteiger partial charge is 0.342 e. The highest BCUT2D eigenvalue weighted by molar-refractivity contribution is 9.10.